The van der Waals surface area contributed by atoms with Crippen molar-refractivity contribution in [2.24, 2.45) is 5.92 Å². The number of ether oxygens (including phenoxy) is 1. The number of carboxylic acids is 1. The van der Waals surface area contributed by atoms with Gasteiger partial charge in [-0.25, -0.2) is 4.98 Å². The molecule has 2 aromatic rings. The van der Waals surface area contributed by atoms with Crippen LogP contribution in [-0.4, -0.2) is 82.8 Å². The Morgan fingerprint density at radius 3 is 2.31 bits per heavy atom. The summed E-state index contributed by atoms with van der Waals surface area (Å²) in [5, 5.41) is 24.9. The number of pyridine rings is 1. The highest BCUT2D eigenvalue weighted by Crippen LogP contribution is 2.33. The molecule has 1 unspecified atom stereocenters. The number of aliphatic carboxylic acids is 1. The number of aromatic nitrogens is 1. The molecule has 224 valence electrons. The highest BCUT2D eigenvalue weighted by Gasteiger charge is 2.58. The molecule has 2 heterocycles. The fourth-order valence-corrected chi connectivity index (χ4v) is 4.48. The number of nitrogens with one attached hydrogen (secondary N) is 2. The Morgan fingerprint density at radius 2 is 1.71 bits per heavy atom. The molecule has 1 aliphatic heterocycles. The van der Waals surface area contributed by atoms with E-state index in [1.54, 1.807) is 12.1 Å². The molecule has 4 atom stereocenters. The van der Waals surface area contributed by atoms with Crippen molar-refractivity contribution in [2.75, 3.05) is 7.11 Å². The summed E-state index contributed by atoms with van der Waals surface area (Å²) in [6, 6.07) is 12.6. The van der Waals surface area contributed by atoms with Crippen LogP contribution in [0.5, 0.6) is 0 Å². The topological polar surface area (TPSA) is 190 Å². The first-order valence-electron chi connectivity index (χ1n) is 13.3. The molecule has 0 aliphatic carbocycles. The molecule has 0 radical (unpaired) electrons. The Labute approximate surface area is 243 Å². The number of carboxylic acid groups (broad SMARTS) is 1. The molecular weight excluding hydrogens is 549 g/mol. The van der Waals surface area contributed by atoms with Gasteiger partial charge in [-0.05, 0) is 31.4 Å². The van der Waals surface area contributed by atoms with Crippen molar-refractivity contribution in [3.05, 3.63) is 54.2 Å². The third-order valence-electron chi connectivity index (χ3n) is 6.52. The van der Waals surface area contributed by atoms with Crippen LogP contribution in [0.15, 0.2) is 48.5 Å². The monoisotopic (exact) mass is 583 g/mol. The molecule has 1 saturated heterocycles. The third-order valence-corrected chi connectivity index (χ3v) is 6.52. The van der Waals surface area contributed by atoms with Crippen LogP contribution < -0.4 is 10.6 Å². The zero-order valence-corrected chi connectivity index (χ0v) is 23.7. The van der Waals surface area contributed by atoms with Gasteiger partial charge in [0.15, 0.2) is 5.60 Å². The number of aliphatic hydroxyl groups is 1. The molecule has 0 bridgehead atoms. The number of esters is 1. The average Bonchev–Trinajstić information content (AvgIpc) is 3.25. The van der Waals surface area contributed by atoms with E-state index in [-0.39, 0.29) is 18.0 Å². The van der Waals surface area contributed by atoms with Gasteiger partial charge in [-0.15, -0.1) is 0 Å². The molecule has 4 N–H and O–H groups in total. The lowest BCUT2D eigenvalue weighted by Gasteiger charge is -2.27. The molecule has 0 saturated carbocycles. The summed E-state index contributed by atoms with van der Waals surface area (Å²) in [5.74, 6) is -6.01. The minimum Gasteiger partial charge on any atom is -0.506 e. The van der Waals surface area contributed by atoms with E-state index in [1.807, 2.05) is 44.2 Å². The van der Waals surface area contributed by atoms with Crippen LogP contribution in [-0.2, 0) is 33.2 Å². The first-order chi connectivity index (χ1) is 19.8. The molecule has 1 aliphatic rings. The number of carbonyl (C=O) groups excluding carboxylic acids is 4. The molecule has 3 rings (SSSR count). The molecule has 1 aromatic carbocycles. The van der Waals surface area contributed by atoms with E-state index in [0.717, 1.165) is 12.7 Å². The zero-order valence-electron chi connectivity index (χ0n) is 23.7. The van der Waals surface area contributed by atoms with Crippen LogP contribution in [0.1, 0.15) is 50.5 Å². The summed E-state index contributed by atoms with van der Waals surface area (Å²) >= 11 is 0. The molecule has 2 amide bonds. The predicted molar refractivity (Wildman–Crippen MR) is 149 cm³/mol. The predicted octanol–water partition coefficient (Wildman–Crippen LogP) is 1.14. The van der Waals surface area contributed by atoms with Gasteiger partial charge in [0.25, 0.3) is 5.91 Å². The molecule has 14 heteroatoms. The van der Waals surface area contributed by atoms with Crippen molar-refractivity contribution in [3.63, 3.8) is 0 Å². The summed E-state index contributed by atoms with van der Waals surface area (Å²) in [4.78, 5) is 67.1. The summed E-state index contributed by atoms with van der Waals surface area (Å²) < 4.78 is 15.6. The number of benzene rings is 1. The van der Waals surface area contributed by atoms with Crippen molar-refractivity contribution in [1.29, 1.82) is 0 Å². The minimum atomic E-state index is -2.16. The quantitative estimate of drug-likeness (QED) is 0.195. The molecule has 42 heavy (non-hydrogen) atoms. The van der Waals surface area contributed by atoms with Crippen molar-refractivity contribution in [3.8, 4) is 11.3 Å². The Kier molecular flexibility index (Phi) is 10.8. The Hall–Kier alpha value is -4.30. The number of nitrogens with zero attached hydrogens (tertiary/aromatic N) is 1. The van der Waals surface area contributed by atoms with Crippen molar-refractivity contribution in [1.82, 2.24) is 15.6 Å². The van der Waals surface area contributed by atoms with Crippen molar-refractivity contribution in [2.45, 2.75) is 63.7 Å². The van der Waals surface area contributed by atoms with E-state index in [9.17, 15) is 34.2 Å². The summed E-state index contributed by atoms with van der Waals surface area (Å²) in [6.07, 6.45) is -2.73. The van der Waals surface area contributed by atoms with E-state index in [2.05, 4.69) is 20.4 Å². The van der Waals surface area contributed by atoms with Crippen LogP contribution >= 0.6 is 0 Å². The van der Waals surface area contributed by atoms with Crippen molar-refractivity contribution >= 4 is 36.8 Å². The molecule has 1 aromatic heterocycles. The average molecular weight is 583 g/mol. The first-order valence-corrected chi connectivity index (χ1v) is 13.3. The lowest BCUT2D eigenvalue weighted by atomic mass is 9.73. The lowest BCUT2D eigenvalue weighted by Crippen LogP contribution is -2.58. The first kappa shape index (κ1) is 32.2. The number of amides is 2. The molecule has 1 fully saturated rings. The maximum absolute atomic E-state index is 13.4. The largest absolute Gasteiger partial charge is 0.552 e. The zero-order chi connectivity index (χ0) is 31.0. The second kappa shape index (κ2) is 14.1. The number of rotatable bonds is 13. The maximum atomic E-state index is 13.4. The molecule has 0 spiro atoms. The van der Waals surface area contributed by atoms with E-state index < -0.39 is 73.4 Å². The van der Waals surface area contributed by atoms with E-state index in [1.165, 1.54) is 13.0 Å². The van der Waals surface area contributed by atoms with E-state index >= 15 is 0 Å². The number of hydrogen-bond acceptors (Lipinski definition) is 10. The fourth-order valence-electron chi connectivity index (χ4n) is 4.48. The third kappa shape index (κ3) is 8.14. The SMILES string of the molecule is COC(=O)C[C@]1(CC(=O)O)OB([C@H](CC(C)C)NC(=O)C(NC(=O)c2cccc(-c3ccccc3)n2)[C@@H](C)O)OC1=O. The van der Waals surface area contributed by atoms with Crippen molar-refractivity contribution < 1.29 is 48.2 Å². The second-order valence-electron chi connectivity index (χ2n) is 10.4. The van der Waals surface area contributed by atoms with Crippen LogP contribution in [0, 0.1) is 5.92 Å². The van der Waals surface area contributed by atoms with E-state index in [0.29, 0.717) is 5.69 Å². The number of hydrogen-bond donors (Lipinski definition) is 4. The van der Waals surface area contributed by atoms with Gasteiger partial charge in [-0.1, -0.05) is 50.2 Å². The molecule has 13 nitrogen and oxygen atoms in total. The summed E-state index contributed by atoms with van der Waals surface area (Å²) in [5.41, 5.74) is -0.819. The van der Waals surface area contributed by atoms with Gasteiger partial charge in [0.2, 0.25) is 5.91 Å². The normalized spacial score (nSPS) is 18.5. The summed E-state index contributed by atoms with van der Waals surface area (Å²) in [7, 11) is -0.378. The molecular formula is C28H34BN3O10. The van der Waals surface area contributed by atoms with E-state index in [4.69, 9.17) is 9.31 Å². The van der Waals surface area contributed by atoms with Crippen LogP contribution in [0.25, 0.3) is 11.3 Å². The van der Waals surface area contributed by atoms with Gasteiger partial charge in [0, 0.05) is 5.56 Å². The van der Waals surface area contributed by atoms with Crippen LogP contribution in [0.4, 0.5) is 0 Å². The highest BCUT2D eigenvalue weighted by molar-refractivity contribution is 6.51. The minimum absolute atomic E-state index is 0.0165. The Balaban J connectivity index is 1.80. The highest BCUT2D eigenvalue weighted by atomic mass is 16.7. The van der Waals surface area contributed by atoms with Crippen LogP contribution in [0.3, 0.4) is 0 Å². The van der Waals surface area contributed by atoms with Gasteiger partial charge >= 0.3 is 25.0 Å². The Morgan fingerprint density at radius 1 is 1.02 bits per heavy atom. The van der Waals surface area contributed by atoms with Crippen LogP contribution in [0.2, 0.25) is 0 Å². The smallest absolute Gasteiger partial charge is 0.506 e. The number of methoxy groups -OCH3 is 1. The van der Waals surface area contributed by atoms with Gasteiger partial charge < -0.3 is 34.9 Å². The Bertz CT molecular complexity index is 1310. The number of carbonyl (C=O) groups is 5. The van der Waals surface area contributed by atoms with Gasteiger partial charge in [0.1, 0.15) is 11.7 Å². The van der Waals surface area contributed by atoms with Gasteiger partial charge in [-0.2, -0.15) is 0 Å². The fraction of sp³-hybridized carbons (Fsp3) is 0.429. The maximum Gasteiger partial charge on any atom is 0.552 e. The second-order valence-corrected chi connectivity index (χ2v) is 10.4. The standard InChI is InChI=1S/C28H34BN3O10/c1-16(2)13-21(29-41-27(39)28(42-29,14-22(34)35)15-23(36)40-4)31-26(38)24(17(3)33)32-25(37)20-12-8-11-19(30-20)18-9-6-5-7-10-18/h5-12,16-17,21,24,33H,13-15H2,1-4H3,(H,31,38)(H,32,37)(H,34,35)/t17-,21+,24?,28+/m1/s1. The summed E-state index contributed by atoms with van der Waals surface area (Å²) in [6.45, 7) is 4.97. The number of aliphatic hydroxyl groups excluding tert-OH is 1. The van der Waals surface area contributed by atoms with Gasteiger partial charge in [0.05, 0.1) is 37.7 Å². The lowest BCUT2D eigenvalue weighted by molar-refractivity contribution is -0.159. The van der Waals surface area contributed by atoms with Gasteiger partial charge in [-0.3, -0.25) is 24.0 Å².